The number of rotatable bonds is 3. The molecule has 1 fully saturated rings. The lowest BCUT2D eigenvalue weighted by Gasteiger charge is -2.14. The Bertz CT molecular complexity index is 1140. The minimum absolute atomic E-state index is 0.104. The van der Waals surface area contributed by atoms with Crippen LogP contribution in [0.5, 0.6) is 0 Å². The average molecular weight is 392 g/mol. The van der Waals surface area contributed by atoms with Crippen LogP contribution in [0.3, 0.4) is 0 Å². The van der Waals surface area contributed by atoms with Crippen LogP contribution in [-0.2, 0) is 4.79 Å². The average Bonchev–Trinajstić information content (AvgIpc) is 2.95. The molecule has 5 nitrogen and oxygen atoms in total. The number of hydrogen-bond acceptors (Lipinski definition) is 5. The molecule has 2 heterocycles. The van der Waals surface area contributed by atoms with Gasteiger partial charge in [-0.05, 0) is 48.0 Å². The summed E-state index contributed by atoms with van der Waals surface area (Å²) in [4.78, 5) is 30.2. The van der Waals surface area contributed by atoms with Gasteiger partial charge >= 0.3 is 5.97 Å². The van der Waals surface area contributed by atoms with E-state index in [1.165, 1.54) is 28.8 Å². The second-order valence-corrected chi connectivity index (χ2v) is 7.50. The van der Waals surface area contributed by atoms with E-state index in [2.05, 4.69) is 4.98 Å². The van der Waals surface area contributed by atoms with Crippen LogP contribution in [0, 0.1) is 0 Å². The molecule has 1 amide bonds. The number of amides is 1. The molecule has 1 N–H and O–H groups in total. The highest BCUT2D eigenvalue weighted by Crippen LogP contribution is 2.36. The molecule has 0 bridgehead atoms. The summed E-state index contributed by atoms with van der Waals surface area (Å²) in [5, 5.41) is 10.1. The fraction of sp³-hybridized carbons (Fsp3) is 0. The molecule has 0 atom stereocenters. The van der Waals surface area contributed by atoms with E-state index in [9.17, 15) is 9.59 Å². The zero-order chi connectivity index (χ0) is 19.0. The van der Waals surface area contributed by atoms with Gasteiger partial charge in [0, 0.05) is 11.6 Å². The number of fused-ring (bicyclic) bond motifs is 1. The van der Waals surface area contributed by atoms with Gasteiger partial charge in [-0.2, -0.15) is 0 Å². The maximum absolute atomic E-state index is 12.9. The summed E-state index contributed by atoms with van der Waals surface area (Å²) in [7, 11) is 0. The van der Waals surface area contributed by atoms with E-state index in [0.29, 0.717) is 14.9 Å². The summed E-state index contributed by atoms with van der Waals surface area (Å²) >= 11 is 6.55. The van der Waals surface area contributed by atoms with Crippen LogP contribution in [0.1, 0.15) is 15.9 Å². The molecule has 7 heteroatoms. The van der Waals surface area contributed by atoms with E-state index in [-0.39, 0.29) is 11.5 Å². The Kier molecular flexibility index (Phi) is 4.47. The second-order valence-electron chi connectivity index (χ2n) is 5.83. The summed E-state index contributed by atoms with van der Waals surface area (Å²) in [6.45, 7) is 0. The van der Waals surface area contributed by atoms with Gasteiger partial charge < -0.3 is 5.11 Å². The molecular formula is C20H12N2O3S2. The Labute approximate surface area is 164 Å². The molecular weight excluding hydrogens is 380 g/mol. The molecule has 1 saturated heterocycles. The number of carboxylic acids is 1. The fourth-order valence-electron chi connectivity index (χ4n) is 2.80. The summed E-state index contributed by atoms with van der Waals surface area (Å²) in [6.07, 6.45) is 3.52. The van der Waals surface area contributed by atoms with Crippen molar-refractivity contribution in [2.24, 2.45) is 0 Å². The van der Waals surface area contributed by atoms with Crippen molar-refractivity contribution < 1.29 is 14.7 Å². The maximum atomic E-state index is 12.9. The summed E-state index contributed by atoms with van der Waals surface area (Å²) in [5.74, 6) is -1.32. The van der Waals surface area contributed by atoms with Crippen molar-refractivity contribution in [2.75, 3.05) is 4.90 Å². The molecule has 1 aliphatic rings. The van der Waals surface area contributed by atoms with Gasteiger partial charge in [-0.3, -0.25) is 14.7 Å². The monoisotopic (exact) mass is 392 g/mol. The third kappa shape index (κ3) is 3.34. The van der Waals surface area contributed by atoms with Crippen LogP contribution in [0.2, 0.25) is 0 Å². The lowest BCUT2D eigenvalue weighted by molar-refractivity contribution is -0.113. The van der Waals surface area contributed by atoms with Gasteiger partial charge in [0.15, 0.2) is 4.32 Å². The first kappa shape index (κ1) is 17.4. The Hall–Kier alpha value is -3.03. The molecule has 1 aromatic heterocycles. The minimum atomic E-state index is -1.05. The molecule has 4 rings (SSSR count). The number of benzene rings is 2. The predicted molar refractivity (Wildman–Crippen MR) is 111 cm³/mol. The summed E-state index contributed by atoms with van der Waals surface area (Å²) in [5.41, 5.74) is 2.30. The molecule has 0 aliphatic carbocycles. The highest BCUT2D eigenvalue weighted by Gasteiger charge is 2.33. The first-order valence-electron chi connectivity index (χ1n) is 7.99. The van der Waals surface area contributed by atoms with Crippen LogP contribution in [0.4, 0.5) is 5.69 Å². The van der Waals surface area contributed by atoms with Crippen molar-refractivity contribution in [1.82, 2.24) is 4.98 Å². The molecule has 132 valence electrons. The van der Waals surface area contributed by atoms with Crippen molar-refractivity contribution in [1.29, 1.82) is 0 Å². The Morgan fingerprint density at radius 2 is 2.00 bits per heavy atom. The SMILES string of the molecule is O=C(O)c1cccc(N2C(=O)/C(=C/c3ccc4ncccc4c3)SC2=S)c1. The predicted octanol–water partition coefficient (Wildman–Crippen LogP) is 4.34. The molecule has 27 heavy (non-hydrogen) atoms. The third-order valence-corrected chi connectivity index (χ3v) is 5.37. The molecule has 1 aliphatic heterocycles. The number of carbonyl (C=O) groups excluding carboxylic acids is 1. The normalized spacial score (nSPS) is 15.7. The molecule has 0 unspecified atom stereocenters. The van der Waals surface area contributed by atoms with Gasteiger partial charge in [-0.15, -0.1) is 0 Å². The largest absolute Gasteiger partial charge is 0.478 e. The Balaban J connectivity index is 1.68. The summed E-state index contributed by atoms with van der Waals surface area (Å²) in [6, 6.07) is 15.8. The number of carbonyl (C=O) groups is 2. The highest BCUT2D eigenvalue weighted by molar-refractivity contribution is 8.27. The van der Waals surface area contributed by atoms with Crippen molar-refractivity contribution in [2.45, 2.75) is 0 Å². The number of aromatic nitrogens is 1. The molecule has 0 radical (unpaired) electrons. The van der Waals surface area contributed by atoms with E-state index >= 15 is 0 Å². The van der Waals surface area contributed by atoms with Gasteiger partial charge in [-0.25, -0.2) is 4.79 Å². The lowest BCUT2D eigenvalue weighted by atomic mass is 10.1. The number of pyridine rings is 1. The zero-order valence-corrected chi connectivity index (χ0v) is 15.5. The number of nitrogens with zero attached hydrogens (tertiary/aromatic N) is 2. The van der Waals surface area contributed by atoms with Crippen LogP contribution in [-0.4, -0.2) is 26.3 Å². The molecule has 2 aromatic carbocycles. The zero-order valence-electron chi connectivity index (χ0n) is 13.8. The third-order valence-electron chi connectivity index (χ3n) is 4.07. The first-order chi connectivity index (χ1) is 13.0. The number of anilines is 1. The van der Waals surface area contributed by atoms with E-state index in [1.807, 2.05) is 30.3 Å². The number of carboxylic acid groups (broad SMARTS) is 1. The van der Waals surface area contributed by atoms with Gasteiger partial charge in [0.1, 0.15) is 0 Å². The van der Waals surface area contributed by atoms with Gasteiger partial charge in [0.2, 0.25) is 0 Å². The maximum Gasteiger partial charge on any atom is 0.335 e. The number of aromatic carboxylic acids is 1. The lowest BCUT2D eigenvalue weighted by Crippen LogP contribution is -2.27. The molecule has 0 spiro atoms. The topological polar surface area (TPSA) is 70.5 Å². The molecule has 0 saturated carbocycles. The van der Waals surface area contributed by atoms with Gasteiger partial charge in [-0.1, -0.05) is 42.2 Å². The van der Waals surface area contributed by atoms with E-state index < -0.39 is 5.97 Å². The Morgan fingerprint density at radius 3 is 2.81 bits per heavy atom. The highest BCUT2D eigenvalue weighted by atomic mass is 32.2. The van der Waals surface area contributed by atoms with Crippen molar-refractivity contribution >= 4 is 62.8 Å². The van der Waals surface area contributed by atoms with Crippen LogP contribution in [0.25, 0.3) is 17.0 Å². The second kappa shape index (κ2) is 6.94. The minimum Gasteiger partial charge on any atom is -0.478 e. The smallest absolute Gasteiger partial charge is 0.335 e. The van der Waals surface area contributed by atoms with E-state index in [1.54, 1.807) is 24.4 Å². The van der Waals surface area contributed by atoms with Crippen molar-refractivity contribution in [3.63, 3.8) is 0 Å². The number of thioether (sulfide) groups is 1. The quantitative estimate of drug-likeness (QED) is 0.528. The standard InChI is InChI=1S/C20H12N2O3S2/c23-18-17(10-12-6-7-16-13(9-12)4-2-8-21-16)27-20(26)22(18)15-5-1-3-14(11-15)19(24)25/h1-11H,(H,24,25)/b17-10-. The number of thiocarbonyl (C=S) groups is 1. The fourth-order valence-corrected chi connectivity index (χ4v) is 4.10. The van der Waals surface area contributed by atoms with E-state index in [0.717, 1.165) is 16.5 Å². The van der Waals surface area contributed by atoms with Gasteiger partial charge in [0.25, 0.3) is 5.91 Å². The van der Waals surface area contributed by atoms with Crippen LogP contribution >= 0.6 is 24.0 Å². The summed E-state index contributed by atoms with van der Waals surface area (Å²) < 4.78 is 0.372. The van der Waals surface area contributed by atoms with Crippen LogP contribution < -0.4 is 4.90 Å². The van der Waals surface area contributed by atoms with Crippen molar-refractivity contribution in [3.8, 4) is 0 Å². The first-order valence-corrected chi connectivity index (χ1v) is 9.21. The van der Waals surface area contributed by atoms with E-state index in [4.69, 9.17) is 17.3 Å². The van der Waals surface area contributed by atoms with Crippen LogP contribution in [0.15, 0.2) is 65.7 Å². The Morgan fingerprint density at radius 1 is 1.15 bits per heavy atom. The molecule has 3 aromatic rings. The van der Waals surface area contributed by atoms with Gasteiger partial charge in [0.05, 0.1) is 21.7 Å². The number of hydrogen-bond donors (Lipinski definition) is 1. The van der Waals surface area contributed by atoms with Crippen molar-refractivity contribution in [3.05, 3.63) is 76.8 Å².